The van der Waals surface area contributed by atoms with Gasteiger partial charge >= 0.3 is 12.0 Å². The van der Waals surface area contributed by atoms with Crippen molar-refractivity contribution in [3.63, 3.8) is 0 Å². The average Bonchev–Trinajstić information content (AvgIpc) is 2.43. The first kappa shape index (κ1) is 16.1. The van der Waals surface area contributed by atoms with Gasteiger partial charge in [0.1, 0.15) is 0 Å². The number of carboxylic acid groups (broad SMARTS) is 1. The molecule has 0 saturated heterocycles. The molecule has 2 rings (SSSR count). The van der Waals surface area contributed by atoms with Crippen LogP contribution in [0.4, 0.5) is 10.5 Å². The van der Waals surface area contributed by atoms with Gasteiger partial charge in [0.2, 0.25) is 0 Å². The molecule has 1 aliphatic rings. The second kappa shape index (κ2) is 7.13. The maximum atomic E-state index is 12.0. The van der Waals surface area contributed by atoms with E-state index in [0.29, 0.717) is 23.6 Å². The van der Waals surface area contributed by atoms with Gasteiger partial charge in [0.15, 0.2) is 0 Å². The number of hydrogen-bond acceptors (Lipinski definition) is 2. The molecular formula is C14H16BrClN2O3. The number of carbonyl (C=O) groups excluding carboxylic acids is 1. The third-order valence-corrected chi connectivity index (χ3v) is 4.81. The van der Waals surface area contributed by atoms with Gasteiger partial charge in [-0.1, -0.05) is 24.4 Å². The minimum Gasteiger partial charge on any atom is -0.481 e. The molecule has 0 heterocycles. The lowest BCUT2D eigenvalue weighted by molar-refractivity contribution is -0.143. The molecule has 0 aromatic heterocycles. The largest absolute Gasteiger partial charge is 0.481 e. The zero-order valence-electron chi connectivity index (χ0n) is 11.2. The number of carbonyl (C=O) groups is 2. The molecule has 21 heavy (non-hydrogen) atoms. The Kier molecular flexibility index (Phi) is 5.47. The molecule has 0 spiro atoms. The number of hydrogen-bond donors (Lipinski definition) is 3. The Hall–Kier alpha value is -1.27. The molecule has 5 nitrogen and oxygen atoms in total. The fraction of sp³-hybridized carbons (Fsp3) is 0.429. The van der Waals surface area contributed by atoms with Crippen molar-refractivity contribution in [3.05, 3.63) is 27.7 Å². The Balaban J connectivity index is 1.97. The van der Waals surface area contributed by atoms with Gasteiger partial charge in [0, 0.05) is 16.2 Å². The van der Waals surface area contributed by atoms with Gasteiger partial charge < -0.3 is 15.7 Å². The quantitative estimate of drug-likeness (QED) is 0.750. The van der Waals surface area contributed by atoms with Crippen molar-refractivity contribution < 1.29 is 14.7 Å². The fourth-order valence-electron chi connectivity index (χ4n) is 2.51. The number of rotatable bonds is 3. The summed E-state index contributed by atoms with van der Waals surface area (Å²) in [4.78, 5) is 23.2. The molecule has 0 aliphatic heterocycles. The van der Waals surface area contributed by atoms with Crippen LogP contribution in [-0.4, -0.2) is 23.1 Å². The normalized spacial score (nSPS) is 21.6. The number of halogens is 2. The first-order valence-corrected chi connectivity index (χ1v) is 7.90. The second-order valence-electron chi connectivity index (χ2n) is 5.06. The summed E-state index contributed by atoms with van der Waals surface area (Å²) in [5.41, 5.74) is 0.559. The molecule has 2 atom stereocenters. The number of carboxylic acids is 1. The van der Waals surface area contributed by atoms with E-state index >= 15 is 0 Å². The van der Waals surface area contributed by atoms with Crippen molar-refractivity contribution in [2.45, 2.75) is 31.7 Å². The molecule has 7 heteroatoms. The van der Waals surface area contributed by atoms with Crippen LogP contribution in [0.25, 0.3) is 0 Å². The first-order valence-electron chi connectivity index (χ1n) is 6.73. The van der Waals surface area contributed by atoms with Gasteiger partial charge in [-0.05, 0) is 47.0 Å². The number of nitrogens with one attached hydrogen (secondary N) is 2. The van der Waals surface area contributed by atoms with E-state index in [9.17, 15) is 14.7 Å². The average molecular weight is 376 g/mol. The maximum Gasteiger partial charge on any atom is 0.319 e. The summed E-state index contributed by atoms with van der Waals surface area (Å²) in [6, 6.07) is 4.33. The molecule has 1 saturated carbocycles. The highest BCUT2D eigenvalue weighted by molar-refractivity contribution is 9.10. The van der Waals surface area contributed by atoms with E-state index in [1.165, 1.54) is 0 Å². The molecule has 3 N–H and O–H groups in total. The predicted molar refractivity (Wildman–Crippen MR) is 84.7 cm³/mol. The van der Waals surface area contributed by atoms with E-state index in [-0.39, 0.29) is 6.04 Å². The van der Waals surface area contributed by atoms with Crippen LogP contribution < -0.4 is 10.6 Å². The van der Waals surface area contributed by atoms with Gasteiger partial charge in [-0.2, -0.15) is 0 Å². The Morgan fingerprint density at radius 3 is 2.67 bits per heavy atom. The van der Waals surface area contributed by atoms with E-state index in [1.807, 2.05) is 0 Å². The van der Waals surface area contributed by atoms with E-state index in [4.69, 9.17) is 11.6 Å². The molecular weight excluding hydrogens is 360 g/mol. The zero-order valence-corrected chi connectivity index (χ0v) is 13.6. The van der Waals surface area contributed by atoms with Crippen LogP contribution in [-0.2, 0) is 4.79 Å². The summed E-state index contributed by atoms with van der Waals surface area (Å²) in [5, 5.41) is 15.1. The van der Waals surface area contributed by atoms with Gasteiger partial charge in [0.25, 0.3) is 0 Å². The predicted octanol–water partition coefficient (Wildman–Crippen LogP) is 3.87. The SMILES string of the molecule is O=C(Nc1ccc(Br)c(Cl)c1)NC1CCCCC1C(=O)O. The number of urea groups is 1. The lowest BCUT2D eigenvalue weighted by atomic mass is 9.84. The second-order valence-corrected chi connectivity index (χ2v) is 6.32. The van der Waals surface area contributed by atoms with Crippen molar-refractivity contribution in [3.8, 4) is 0 Å². The topological polar surface area (TPSA) is 78.4 Å². The van der Waals surface area contributed by atoms with Crippen LogP contribution in [0, 0.1) is 5.92 Å². The molecule has 1 aromatic rings. The number of aliphatic carboxylic acids is 1. The molecule has 0 bridgehead atoms. The molecule has 0 radical (unpaired) electrons. The number of amides is 2. The monoisotopic (exact) mass is 374 g/mol. The van der Waals surface area contributed by atoms with Crippen LogP contribution in [0.3, 0.4) is 0 Å². The van der Waals surface area contributed by atoms with Crippen molar-refractivity contribution in [1.29, 1.82) is 0 Å². The summed E-state index contributed by atoms with van der Waals surface area (Å²) < 4.78 is 0.744. The van der Waals surface area contributed by atoms with E-state index in [0.717, 1.165) is 17.3 Å². The van der Waals surface area contributed by atoms with Crippen molar-refractivity contribution in [1.82, 2.24) is 5.32 Å². The summed E-state index contributed by atoms with van der Waals surface area (Å²) in [7, 11) is 0. The first-order chi connectivity index (χ1) is 9.97. The smallest absolute Gasteiger partial charge is 0.319 e. The standard InChI is InChI=1S/C14H16BrClN2O3/c15-10-6-5-8(7-11(10)16)17-14(21)18-12-4-2-1-3-9(12)13(19)20/h5-7,9,12H,1-4H2,(H,19,20)(H2,17,18,21). The van der Waals surface area contributed by atoms with Crippen molar-refractivity contribution in [2.24, 2.45) is 5.92 Å². The minimum absolute atomic E-state index is 0.331. The van der Waals surface area contributed by atoms with Crippen LogP contribution in [0.5, 0.6) is 0 Å². The lowest BCUT2D eigenvalue weighted by Crippen LogP contribution is -2.46. The van der Waals surface area contributed by atoms with Crippen molar-refractivity contribution >= 4 is 45.2 Å². The minimum atomic E-state index is -0.855. The summed E-state index contributed by atoms with van der Waals surface area (Å²) in [6.07, 6.45) is 3.10. The van der Waals surface area contributed by atoms with Gasteiger partial charge in [0.05, 0.1) is 10.9 Å². The highest BCUT2D eigenvalue weighted by atomic mass is 79.9. The van der Waals surface area contributed by atoms with Crippen LogP contribution in [0.15, 0.2) is 22.7 Å². The van der Waals surface area contributed by atoms with Crippen molar-refractivity contribution in [2.75, 3.05) is 5.32 Å². The van der Waals surface area contributed by atoms with E-state index < -0.39 is 17.9 Å². The molecule has 1 fully saturated rings. The van der Waals surface area contributed by atoms with Crippen LogP contribution in [0.2, 0.25) is 5.02 Å². The van der Waals surface area contributed by atoms with Gasteiger partial charge in [-0.3, -0.25) is 4.79 Å². The van der Waals surface area contributed by atoms with E-state index in [2.05, 4.69) is 26.6 Å². The maximum absolute atomic E-state index is 12.0. The molecule has 114 valence electrons. The van der Waals surface area contributed by atoms with E-state index in [1.54, 1.807) is 18.2 Å². The van der Waals surface area contributed by atoms with Crippen LogP contribution >= 0.6 is 27.5 Å². The Bertz CT molecular complexity index is 553. The fourth-order valence-corrected chi connectivity index (χ4v) is 2.94. The summed E-state index contributed by atoms with van der Waals surface area (Å²) in [6.45, 7) is 0. The highest BCUT2D eigenvalue weighted by Crippen LogP contribution is 2.26. The Morgan fingerprint density at radius 1 is 1.29 bits per heavy atom. The van der Waals surface area contributed by atoms with Gasteiger partial charge in [-0.15, -0.1) is 0 Å². The Labute approximate surface area is 136 Å². The van der Waals surface area contributed by atoms with Crippen LogP contribution in [0.1, 0.15) is 25.7 Å². The molecule has 2 amide bonds. The lowest BCUT2D eigenvalue weighted by Gasteiger charge is -2.29. The molecule has 1 aromatic carbocycles. The molecule has 1 aliphatic carbocycles. The molecule has 2 unspecified atom stereocenters. The zero-order chi connectivity index (χ0) is 15.4. The third-order valence-electron chi connectivity index (χ3n) is 3.58. The number of anilines is 1. The third kappa shape index (κ3) is 4.35. The summed E-state index contributed by atoms with van der Waals surface area (Å²) in [5.74, 6) is -1.37. The number of benzene rings is 1. The van der Waals surface area contributed by atoms with Gasteiger partial charge in [-0.25, -0.2) is 4.79 Å². The Morgan fingerprint density at radius 2 is 2.00 bits per heavy atom. The summed E-state index contributed by atoms with van der Waals surface area (Å²) >= 11 is 9.23. The highest BCUT2D eigenvalue weighted by Gasteiger charge is 2.31.